The quantitative estimate of drug-likeness (QED) is 0.920. The summed E-state index contributed by atoms with van der Waals surface area (Å²) in [6.45, 7) is 1.93. The minimum Gasteiger partial charge on any atom is -0.478 e. The second-order valence-corrected chi connectivity index (χ2v) is 4.38. The third-order valence-corrected chi connectivity index (χ3v) is 2.56. The molecule has 0 aliphatic rings. The van der Waals surface area contributed by atoms with E-state index in [2.05, 4.69) is 21.0 Å². The first-order chi connectivity index (χ1) is 7.56. The molecular weight excluding hydrogens is 272 g/mol. The summed E-state index contributed by atoms with van der Waals surface area (Å²) >= 11 is 3.28. The van der Waals surface area contributed by atoms with Crippen LogP contribution in [0.2, 0.25) is 0 Å². The normalized spacial score (nSPS) is 10.4. The fourth-order valence-electron chi connectivity index (χ4n) is 1.38. The lowest BCUT2D eigenvalue weighted by molar-refractivity contribution is 0.0697. The maximum Gasteiger partial charge on any atom is 0.335 e. The van der Waals surface area contributed by atoms with Crippen LogP contribution in [-0.2, 0) is 0 Å². The summed E-state index contributed by atoms with van der Waals surface area (Å²) in [6.07, 6.45) is 3.56. The topological polar surface area (TPSA) is 55.1 Å². The Morgan fingerprint density at radius 1 is 1.44 bits per heavy atom. The van der Waals surface area contributed by atoms with Gasteiger partial charge < -0.3 is 5.11 Å². The van der Waals surface area contributed by atoms with Crippen LogP contribution in [0.5, 0.6) is 0 Å². The van der Waals surface area contributed by atoms with Gasteiger partial charge in [-0.05, 0) is 30.7 Å². The lowest BCUT2D eigenvalue weighted by Crippen LogP contribution is -2.00. The van der Waals surface area contributed by atoms with Crippen molar-refractivity contribution in [1.82, 2.24) is 9.78 Å². The van der Waals surface area contributed by atoms with Gasteiger partial charge in [0.05, 0.1) is 17.4 Å². The Morgan fingerprint density at radius 2 is 2.19 bits per heavy atom. The van der Waals surface area contributed by atoms with Crippen LogP contribution in [0, 0.1) is 6.92 Å². The van der Waals surface area contributed by atoms with Crippen LogP contribution in [0.25, 0.3) is 5.69 Å². The molecule has 0 aliphatic heterocycles. The van der Waals surface area contributed by atoms with Gasteiger partial charge in [-0.1, -0.05) is 15.9 Å². The summed E-state index contributed by atoms with van der Waals surface area (Å²) in [5.41, 5.74) is 1.98. The molecule has 5 heteroatoms. The Morgan fingerprint density at radius 3 is 2.75 bits per heavy atom. The van der Waals surface area contributed by atoms with E-state index in [1.54, 1.807) is 23.0 Å². The van der Waals surface area contributed by atoms with E-state index in [1.165, 1.54) is 0 Å². The zero-order valence-electron chi connectivity index (χ0n) is 8.51. The highest BCUT2D eigenvalue weighted by molar-refractivity contribution is 9.10. The molecule has 1 aromatic heterocycles. The number of aromatic carboxylic acids is 1. The number of aromatic nitrogens is 2. The van der Waals surface area contributed by atoms with Gasteiger partial charge in [-0.3, -0.25) is 0 Å². The number of carboxylic acid groups (broad SMARTS) is 1. The Labute approximate surface area is 101 Å². The Kier molecular flexibility index (Phi) is 2.78. The van der Waals surface area contributed by atoms with E-state index in [4.69, 9.17) is 5.11 Å². The van der Waals surface area contributed by atoms with E-state index < -0.39 is 5.97 Å². The number of hydrogen-bond acceptors (Lipinski definition) is 2. The molecule has 0 spiro atoms. The zero-order valence-corrected chi connectivity index (χ0v) is 10.1. The molecule has 0 saturated heterocycles. The van der Waals surface area contributed by atoms with E-state index in [9.17, 15) is 4.79 Å². The summed E-state index contributed by atoms with van der Waals surface area (Å²) in [7, 11) is 0. The number of benzene rings is 1. The predicted octanol–water partition coefficient (Wildman–Crippen LogP) is 2.64. The van der Waals surface area contributed by atoms with E-state index in [0.29, 0.717) is 0 Å². The van der Waals surface area contributed by atoms with Crippen LogP contribution in [-0.4, -0.2) is 20.9 Å². The number of rotatable bonds is 2. The average Bonchev–Trinajstić information content (AvgIpc) is 2.64. The van der Waals surface area contributed by atoms with Gasteiger partial charge in [0.25, 0.3) is 0 Å². The fourth-order valence-corrected chi connectivity index (χ4v) is 1.87. The molecule has 0 radical (unpaired) electrons. The van der Waals surface area contributed by atoms with Crippen molar-refractivity contribution in [2.24, 2.45) is 0 Å². The summed E-state index contributed by atoms with van der Waals surface area (Å²) in [5.74, 6) is -0.952. The highest BCUT2D eigenvalue weighted by Crippen LogP contribution is 2.19. The standard InChI is InChI=1S/C11H9BrN2O2/c1-7-5-13-14(6-7)10-3-8(11(15)16)2-9(12)4-10/h2-6H,1H3,(H,15,16). The first kappa shape index (κ1) is 10.9. The van der Waals surface area contributed by atoms with Crippen LogP contribution in [0.15, 0.2) is 35.1 Å². The summed E-state index contributed by atoms with van der Waals surface area (Å²) in [6, 6.07) is 4.96. The maximum absolute atomic E-state index is 10.9. The molecular formula is C11H9BrN2O2. The highest BCUT2D eigenvalue weighted by Gasteiger charge is 2.07. The molecule has 2 aromatic rings. The van der Waals surface area contributed by atoms with Gasteiger partial charge in [-0.2, -0.15) is 5.10 Å². The van der Waals surface area contributed by atoms with E-state index in [-0.39, 0.29) is 5.56 Å². The lowest BCUT2D eigenvalue weighted by Gasteiger charge is -2.04. The molecule has 4 nitrogen and oxygen atoms in total. The van der Waals surface area contributed by atoms with Crippen molar-refractivity contribution >= 4 is 21.9 Å². The molecule has 0 fully saturated rings. The lowest BCUT2D eigenvalue weighted by atomic mass is 10.2. The SMILES string of the molecule is Cc1cnn(-c2cc(Br)cc(C(=O)O)c2)c1. The molecule has 1 aromatic carbocycles. The summed E-state index contributed by atoms with van der Waals surface area (Å²) in [5, 5.41) is 13.1. The molecule has 0 amide bonds. The second kappa shape index (κ2) is 4.09. The van der Waals surface area contributed by atoms with Gasteiger partial charge in [-0.25, -0.2) is 9.48 Å². The van der Waals surface area contributed by atoms with E-state index in [1.807, 2.05) is 19.2 Å². The van der Waals surface area contributed by atoms with E-state index >= 15 is 0 Å². The largest absolute Gasteiger partial charge is 0.478 e. The van der Waals surface area contributed by atoms with Crippen molar-refractivity contribution in [3.8, 4) is 5.69 Å². The van der Waals surface area contributed by atoms with Crippen LogP contribution in [0.4, 0.5) is 0 Å². The van der Waals surface area contributed by atoms with Crippen molar-refractivity contribution in [2.75, 3.05) is 0 Å². The van der Waals surface area contributed by atoms with Gasteiger partial charge in [0.15, 0.2) is 0 Å². The van der Waals surface area contributed by atoms with Crippen LogP contribution >= 0.6 is 15.9 Å². The molecule has 0 atom stereocenters. The third-order valence-electron chi connectivity index (χ3n) is 2.11. The minimum absolute atomic E-state index is 0.234. The molecule has 2 rings (SSSR count). The van der Waals surface area contributed by atoms with Crippen molar-refractivity contribution < 1.29 is 9.90 Å². The number of nitrogens with zero attached hydrogens (tertiary/aromatic N) is 2. The van der Waals surface area contributed by atoms with Crippen molar-refractivity contribution in [3.05, 3.63) is 46.2 Å². The Hall–Kier alpha value is -1.62. The minimum atomic E-state index is -0.952. The van der Waals surface area contributed by atoms with Crippen LogP contribution in [0.3, 0.4) is 0 Å². The molecule has 82 valence electrons. The molecule has 1 N–H and O–H groups in total. The second-order valence-electron chi connectivity index (χ2n) is 3.47. The molecule has 0 unspecified atom stereocenters. The number of carbonyl (C=O) groups is 1. The number of hydrogen-bond donors (Lipinski definition) is 1. The number of halogens is 1. The molecule has 1 heterocycles. The van der Waals surface area contributed by atoms with Gasteiger partial charge in [-0.15, -0.1) is 0 Å². The smallest absolute Gasteiger partial charge is 0.335 e. The molecule has 0 saturated carbocycles. The van der Waals surface area contributed by atoms with Crippen LogP contribution < -0.4 is 0 Å². The van der Waals surface area contributed by atoms with Crippen LogP contribution in [0.1, 0.15) is 15.9 Å². The van der Waals surface area contributed by atoms with Gasteiger partial charge in [0.2, 0.25) is 0 Å². The number of aryl methyl sites for hydroxylation is 1. The average molecular weight is 281 g/mol. The Balaban J connectivity index is 2.53. The predicted molar refractivity (Wildman–Crippen MR) is 63.0 cm³/mol. The van der Waals surface area contributed by atoms with Gasteiger partial charge >= 0.3 is 5.97 Å². The Bertz CT molecular complexity index is 549. The highest BCUT2D eigenvalue weighted by atomic mass is 79.9. The monoisotopic (exact) mass is 280 g/mol. The van der Waals surface area contributed by atoms with Gasteiger partial charge in [0.1, 0.15) is 0 Å². The van der Waals surface area contributed by atoms with Gasteiger partial charge in [0, 0.05) is 10.7 Å². The van der Waals surface area contributed by atoms with E-state index in [0.717, 1.165) is 15.7 Å². The maximum atomic E-state index is 10.9. The fraction of sp³-hybridized carbons (Fsp3) is 0.0909. The molecule has 0 aliphatic carbocycles. The van der Waals surface area contributed by atoms with Crippen molar-refractivity contribution in [3.63, 3.8) is 0 Å². The molecule has 16 heavy (non-hydrogen) atoms. The number of carboxylic acids is 1. The molecule has 0 bridgehead atoms. The first-order valence-electron chi connectivity index (χ1n) is 4.62. The summed E-state index contributed by atoms with van der Waals surface area (Å²) in [4.78, 5) is 10.9. The van der Waals surface area contributed by atoms with Crippen molar-refractivity contribution in [2.45, 2.75) is 6.92 Å². The summed E-state index contributed by atoms with van der Waals surface area (Å²) < 4.78 is 2.36. The third kappa shape index (κ3) is 2.14. The van der Waals surface area contributed by atoms with Crippen molar-refractivity contribution in [1.29, 1.82) is 0 Å². The first-order valence-corrected chi connectivity index (χ1v) is 5.41. The zero-order chi connectivity index (χ0) is 11.7.